The van der Waals surface area contributed by atoms with E-state index in [2.05, 4.69) is 27.6 Å². The summed E-state index contributed by atoms with van der Waals surface area (Å²) in [5, 5.41) is 1.86. The molecule has 1 aromatic carbocycles. The first-order valence-corrected chi connectivity index (χ1v) is 14.9. The molecule has 5 nitrogen and oxygen atoms in total. The van der Waals surface area contributed by atoms with E-state index in [9.17, 15) is 9.00 Å². The summed E-state index contributed by atoms with van der Waals surface area (Å²) in [6, 6.07) is 8.25. The molecule has 1 atom stereocenters. The number of hydrogen-bond acceptors (Lipinski definition) is 5. The van der Waals surface area contributed by atoms with E-state index in [-0.39, 0.29) is 16.9 Å². The average Bonchev–Trinajstić information content (AvgIpc) is 3.21. The number of nitrogens with one attached hydrogen (secondary N) is 2. The van der Waals surface area contributed by atoms with Crippen LogP contribution in [0.2, 0.25) is 0 Å². The Morgan fingerprint density at radius 1 is 1.12 bits per heavy atom. The largest absolute Gasteiger partial charge is 0.330 e. The highest BCUT2D eigenvalue weighted by Crippen LogP contribution is 2.62. The van der Waals surface area contributed by atoms with Crippen LogP contribution in [-0.2, 0) is 16.4 Å². The van der Waals surface area contributed by atoms with Crippen LogP contribution in [0.1, 0.15) is 75.2 Å². The predicted octanol–water partition coefficient (Wildman–Crippen LogP) is 6.10. The maximum absolute atomic E-state index is 13.7. The molecule has 2 spiro atoms. The van der Waals surface area contributed by atoms with Crippen LogP contribution in [-0.4, -0.2) is 28.5 Å². The SMILES string of the molecule is CSNc1ccc2c(c1)C1(CCC3(CC3)CC1)CN2C(=O)c1csc(S(=O)NC(C)(C)C)c1. The monoisotopic (exact) mass is 503 g/mol. The molecule has 2 heterocycles. The minimum atomic E-state index is -1.33. The van der Waals surface area contributed by atoms with E-state index in [1.54, 1.807) is 18.0 Å². The molecule has 33 heavy (non-hydrogen) atoms. The van der Waals surface area contributed by atoms with Gasteiger partial charge in [0.15, 0.2) is 0 Å². The molecule has 1 aliphatic heterocycles. The van der Waals surface area contributed by atoms with Gasteiger partial charge in [-0.15, -0.1) is 11.3 Å². The van der Waals surface area contributed by atoms with Crippen LogP contribution in [0.25, 0.3) is 0 Å². The number of carbonyl (C=O) groups is 1. The van der Waals surface area contributed by atoms with E-state index < -0.39 is 11.0 Å². The van der Waals surface area contributed by atoms with Crippen molar-refractivity contribution in [2.75, 3.05) is 22.4 Å². The number of carbonyl (C=O) groups excluding carboxylic acids is 1. The van der Waals surface area contributed by atoms with Gasteiger partial charge in [0.25, 0.3) is 5.91 Å². The number of anilines is 2. The molecule has 2 N–H and O–H groups in total. The second kappa shape index (κ2) is 8.40. The van der Waals surface area contributed by atoms with Crippen molar-refractivity contribution < 1.29 is 9.00 Å². The molecule has 1 unspecified atom stereocenters. The third-order valence-corrected chi connectivity index (χ3v) is 10.6. The zero-order valence-corrected chi connectivity index (χ0v) is 22.3. The second-order valence-electron chi connectivity index (χ2n) is 11.0. The smallest absolute Gasteiger partial charge is 0.259 e. The highest BCUT2D eigenvalue weighted by Gasteiger charge is 2.53. The van der Waals surface area contributed by atoms with Crippen LogP contribution in [0.15, 0.2) is 33.9 Å². The lowest BCUT2D eigenvalue weighted by Gasteiger charge is -2.38. The summed E-state index contributed by atoms with van der Waals surface area (Å²) in [5.41, 5.74) is 4.47. The van der Waals surface area contributed by atoms with Crippen molar-refractivity contribution in [3.8, 4) is 0 Å². The van der Waals surface area contributed by atoms with E-state index in [1.807, 2.05) is 37.3 Å². The van der Waals surface area contributed by atoms with Crippen molar-refractivity contribution >= 4 is 51.6 Å². The Bertz CT molecular complexity index is 1090. The molecule has 3 aliphatic rings. The number of nitrogens with zero attached hydrogens (tertiary/aromatic N) is 1. The summed E-state index contributed by atoms with van der Waals surface area (Å²) in [4.78, 5) is 15.7. The van der Waals surface area contributed by atoms with Crippen LogP contribution in [0.5, 0.6) is 0 Å². The first kappa shape index (κ1) is 23.4. The van der Waals surface area contributed by atoms with Crippen molar-refractivity contribution in [3.63, 3.8) is 0 Å². The van der Waals surface area contributed by atoms with Crippen LogP contribution in [0.4, 0.5) is 11.4 Å². The Hall–Kier alpha value is -1.35. The number of fused-ring (bicyclic) bond motifs is 2. The average molecular weight is 504 g/mol. The number of rotatable bonds is 5. The van der Waals surface area contributed by atoms with E-state index >= 15 is 0 Å². The molecule has 2 aliphatic carbocycles. The van der Waals surface area contributed by atoms with E-state index in [0.29, 0.717) is 15.2 Å². The van der Waals surface area contributed by atoms with Gasteiger partial charge >= 0.3 is 0 Å². The van der Waals surface area contributed by atoms with E-state index in [0.717, 1.165) is 30.8 Å². The molecule has 0 bridgehead atoms. The van der Waals surface area contributed by atoms with Crippen molar-refractivity contribution in [2.45, 2.75) is 74.5 Å². The first-order chi connectivity index (χ1) is 15.6. The third-order valence-electron chi connectivity index (χ3n) is 7.41. The van der Waals surface area contributed by atoms with Crippen molar-refractivity contribution in [3.05, 3.63) is 40.8 Å². The summed E-state index contributed by atoms with van der Waals surface area (Å²) >= 11 is 2.98. The molecule has 2 saturated carbocycles. The quantitative estimate of drug-likeness (QED) is 0.484. The van der Waals surface area contributed by atoms with Gasteiger partial charge in [-0.25, -0.2) is 8.93 Å². The lowest BCUT2D eigenvalue weighted by Crippen LogP contribution is -2.39. The summed E-state index contributed by atoms with van der Waals surface area (Å²) in [6.07, 6.45) is 9.64. The van der Waals surface area contributed by atoms with E-state index in [4.69, 9.17) is 0 Å². The molecule has 5 rings (SSSR count). The molecular formula is C25H33N3O2S3. The van der Waals surface area contributed by atoms with Crippen LogP contribution in [0.3, 0.4) is 0 Å². The fourth-order valence-electron chi connectivity index (χ4n) is 5.41. The molecule has 1 aromatic heterocycles. The van der Waals surface area contributed by atoms with Gasteiger partial charge in [0, 0.05) is 40.5 Å². The minimum Gasteiger partial charge on any atom is -0.330 e. The summed E-state index contributed by atoms with van der Waals surface area (Å²) in [5.74, 6) is 0.0145. The van der Waals surface area contributed by atoms with Gasteiger partial charge in [0.05, 0.1) is 5.56 Å². The molecule has 1 amide bonds. The maximum Gasteiger partial charge on any atom is 0.259 e. The molecule has 8 heteroatoms. The number of benzene rings is 1. The topological polar surface area (TPSA) is 61.4 Å². The van der Waals surface area contributed by atoms with Crippen LogP contribution < -0.4 is 14.3 Å². The van der Waals surface area contributed by atoms with Gasteiger partial charge < -0.3 is 9.62 Å². The van der Waals surface area contributed by atoms with Crippen molar-refractivity contribution in [1.29, 1.82) is 0 Å². The summed E-state index contributed by atoms with van der Waals surface area (Å²) < 4.78 is 19.9. The van der Waals surface area contributed by atoms with Gasteiger partial charge in [0.1, 0.15) is 15.2 Å². The minimum absolute atomic E-state index is 0.0145. The third kappa shape index (κ3) is 4.51. The lowest BCUT2D eigenvalue weighted by atomic mass is 9.66. The number of thiophene rings is 1. The van der Waals surface area contributed by atoms with E-state index in [1.165, 1.54) is 42.6 Å². The molecule has 2 aromatic rings. The normalized spacial score (nSPS) is 21.3. The van der Waals surface area contributed by atoms with Crippen molar-refractivity contribution in [2.24, 2.45) is 5.41 Å². The van der Waals surface area contributed by atoms with Gasteiger partial charge in [-0.1, -0.05) is 11.9 Å². The number of amides is 1. The predicted molar refractivity (Wildman–Crippen MR) is 141 cm³/mol. The molecule has 0 radical (unpaired) electrons. The Morgan fingerprint density at radius 3 is 2.45 bits per heavy atom. The fourth-order valence-corrected chi connectivity index (χ4v) is 7.88. The highest BCUT2D eigenvalue weighted by atomic mass is 32.2. The van der Waals surface area contributed by atoms with Crippen LogP contribution in [0, 0.1) is 5.41 Å². The van der Waals surface area contributed by atoms with Gasteiger partial charge in [-0.2, -0.15) is 0 Å². The zero-order chi connectivity index (χ0) is 23.4. The molecular weight excluding hydrogens is 470 g/mol. The molecule has 0 saturated heterocycles. The van der Waals surface area contributed by atoms with Crippen molar-refractivity contribution in [1.82, 2.24) is 4.72 Å². The summed E-state index contributed by atoms with van der Waals surface area (Å²) in [7, 11) is -1.33. The maximum atomic E-state index is 13.7. The summed E-state index contributed by atoms with van der Waals surface area (Å²) in [6.45, 7) is 6.71. The number of hydrogen-bond donors (Lipinski definition) is 2. The van der Waals surface area contributed by atoms with Gasteiger partial charge in [0.2, 0.25) is 0 Å². The highest BCUT2D eigenvalue weighted by molar-refractivity contribution is 7.99. The Morgan fingerprint density at radius 2 is 1.82 bits per heavy atom. The van der Waals surface area contributed by atoms with Crippen LogP contribution >= 0.6 is 23.3 Å². The second-order valence-corrected chi connectivity index (χ2v) is 13.9. The molecule has 178 valence electrons. The molecule has 2 fully saturated rings. The standard InChI is InChI=1S/C25H33N3O2S3/c1-23(2,3)27-33(30)21-13-17(15-32-21)22(29)28-16-25(11-9-24(7-8-24)10-12-25)19-14-18(26-31-4)5-6-20(19)28/h5-6,13-15,26-27H,7-12,16H2,1-4H3. The Kier molecular flexibility index (Phi) is 5.95. The fraction of sp³-hybridized carbons (Fsp3) is 0.560. The van der Waals surface area contributed by atoms with Gasteiger partial charge in [-0.05, 0) is 94.5 Å². The Labute approximate surface area is 207 Å². The van der Waals surface area contributed by atoms with Gasteiger partial charge in [-0.3, -0.25) is 4.79 Å². The zero-order valence-electron chi connectivity index (χ0n) is 19.8. The first-order valence-electron chi connectivity index (χ1n) is 11.7. The Balaban J connectivity index is 1.43. The lowest BCUT2D eigenvalue weighted by molar-refractivity contribution is 0.0980.